The van der Waals surface area contributed by atoms with E-state index < -0.39 is 44.4 Å². The monoisotopic (exact) mass is 462 g/mol. The minimum atomic E-state index is -3.80. The zero-order valence-electron chi connectivity index (χ0n) is 16.9. The Labute approximate surface area is 176 Å². The van der Waals surface area contributed by atoms with Gasteiger partial charge >= 0.3 is 5.97 Å². The van der Waals surface area contributed by atoms with E-state index in [9.17, 15) is 26.4 Å². The van der Waals surface area contributed by atoms with Crippen molar-refractivity contribution in [3.8, 4) is 5.75 Å². The summed E-state index contributed by atoms with van der Waals surface area (Å²) >= 11 is 0. The Bertz CT molecular complexity index is 958. The molecule has 0 radical (unpaired) electrons. The van der Waals surface area contributed by atoms with E-state index in [2.05, 4.69) is 4.72 Å². The lowest BCUT2D eigenvalue weighted by molar-refractivity contribution is -0.152. The van der Waals surface area contributed by atoms with Gasteiger partial charge in [-0.2, -0.15) is 0 Å². The molecule has 1 atom stereocenters. The van der Waals surface area contributed by atoms with Crippen LogP contribution in [0.15, 0.2) is 29.2 Å². The van der Waals surface area contributed by atoms with Crippen molar-refractivity contribution in [3.05, 3.63) is 24.3 Å². The van der Waals surface area contributed by atoms with Crippen molar-refractivity contribution < 1.29 is 35.9 Å². The minimum Gasteiger partial charge on any atom is -0.494 e. The van der Waals surface area contributed by atoms with Crippen LogP contribution in [0.5, 0.6) is 5.75 Å². The summed E-state index contributed by atoms with van der Waals surface area (Å²) in [6.45, 7) is 1.55. The molecule has 1 aromatic rings. The smallest absolute Gasteiger partial charge is 0.307 e. The zero-order valence-corrected chi connectivity index (χ0v) is 18.5. The molecule has 1 aliphatic heterocycles. The van der Waals surface area contributed by atoms with E-state index >= 15 is 0 Å². The highest BCUT2D eigenvalue weighted by Crippen LogP contribution is 2.17. The number of nitrogens with zero attached hydrogens (tertiary/aromatic N) is 1. The number of nitrogens with one attached hydrogen (secondary N) is 1. The van der Waals surface area contributed by atoms with Crippen molar-refractivity contribution in [1.29, 1.82) is 0 Å². The molecule has 1 saturated heterocycles. The average molecular weight is 463 g/mol. The lowest BCUT2D eigenvalue weighted by atomic mass is 10.2. The number of rotatable bonds is 10. The fourth-order valence-corrected chi connectivity index (χ4v) is 5.66. The Morgan fingerprint density at radius 3 is 2.47 bits per heavy atom. The van der Waals surface area contributed by atoms with Gasteiger partial charge in [0.05, 0.1) is 29.4 Å². The van der Waals surface area contributed by atoms with Crippen molar-refractivity contribution in [3.63, 3.8) is 0 Å². The second kappa shape index (κ2) is 10.2. The van der Waals surface area contributed by atoms with E-state index in [0.29, 0.717) is 18.8 Å². The van der Waals surface area contributed by atoms with Crippen LogP contribution in [0.2, 0.25) is 0 Å². The van der Waals surface area contributed by atoms with Gasteiger partial charge in [-0.1, -0.05) is 0 Å². The molecule has 1 unspecified atom stereocenters. The molecule has 12 heteroatoms. The number of sulfonamides is 1. The second-order valence-corrected chi connectivity index (χ2v) is 10.8. The highest BCUT2D eigenvalue weighted by molar-refractivity contribution is 7.91. The highest BCUT2D eigenvalue weighted by Gasteiger charge is 2.32. The van der Waals surface area contributed by atoms with E-state index in [0.717, 1.165) is 0 Å². The van der Waals surface area contributed by atoms with Gasteiger partial charge in [0.2, 0.25) is 10.0 Å². The number of carbonyl (C=O) groups excluding carboxylic acids is 2. The van der Waals surface area contributed by atoms with Crippen molar-refractivity contribution in [2.24, 2.45) is 0 Å². The van der Waals surface area contributed by atoms with Crippen LogP contribution >= 0.6 is 0 Å². The van der Waals surface area contributed by atoms with E-state index in [1.165, 1.54) is 36.2 Å². The van der Waals surface area contributed by atoms with Crippen LogP contribution in [0.1, 0.15) is 19.8 Å². The molecule has 0 bridgehead atoms. The Balaban J connectivity index is 1.74. The summed E-state index contributed by atoms with van der Waals surface area (Å²) in [5.74, 6) is -0.782. The first-order chi connectivity index (χ1) is 14.0. The van der Waals surface area contributed by atoms with Crippen LogP contribution in [0.25, 0.3) is 0 Å². The number of hydrogen-bond acceptors (Lipinski definition) is 8. The fraction of sp³-hybridized carbons (Fsp3) is 0.556. The van der Waals surface area contributed by atoms with Crippen LogP contribution < -0.4 is 9.46 Å². The summed E-state index contributed by atoms with van der Waals surface area (Å²) < 4.78 is 59.9. The lowest BCUT2D eigenvalue weighted by Crippen LogP contribution is -2.40. The molecule has 1 aromatic carbocycles. The van der Waals surface area contributed by atoms with Gasteiger partial charge in [-0.15, -0.1) is 0 Å². The summed E-state index contributed by atoms with van der Waals surface area (Å²) in [5.41, 5.74) is 0. The molecule has 1 amide bonds. The predicted octanol–water partition coefficient (Wildman–Crippen LogP) is -0.0576. The van der Waals surface area contributed by atoms with Gasteiger partial charge in [-0.3, -0.25) is 9.59 Å². The molecule has 1 aliphatic rings. The number of hydrogen-bond donors (Lipinski definition) is 1. The van der Waals surface area contributed by atoms with Crippen LogP contribution in [0.3, 0.4) is 0 Å². The largest absolute Gasteiger partial charge is 0.494 e. The summed E-state index contributed by atoms with van der Waals surface area (Å²) in [4.78, 5) is 25.2. The van der Waals surface area contributed by atoms with Crippen molar-refractivity contribution in [2.75, 3.05) is 38.3 Å². The third-order valence-electron chi connectivity index (χ3n) is 4.57. The summed E-state index contributed by atoms with van der Waals surface area (Å²) in [6, 6.07) is 5.42. The maximum absolute atomic E-state index is 12.2. The number of ether oxygens (including phenoxy) is 2. The first kappa shape index (κ1) is 24.1. The molecule has 0 spiro atoms. The molecule has 168 valence electrons. The zero-order chi connectivity index (χ0) is 22.4. The number of carbonyl (C=O) groups is 2. The van der Waals surface area contributed by atoms with Crippen LogP contribution in [0, 0.1) is 0 Å². The minimum absolute atomic E-state index is 0.0302. The molecule has 0 aromatic heterocycles. The molecule has 30 heavy (non-hydrogen) atoms. The van der Waals surface area contributed by atoms with Crippen molar-refractivity contribution >= 4 is 31.7 Å². The third-order valence-corrected chi connectivity index (χ3v) is 7.80. The quantitative estimate of drug-likeness (QED) is 0.478. The summed E-state index contributed by atoms with van der Waals surface area (Å²) in [7, 11) is -5.47. The SMILES string of the molecule is CCOc1ccc(S(=O)(=O)NCCC(=O)OCC(=O)N(C)C2CCS(=O)(=O)C2)cc1. The molecule has 1 fully saturated rings. The van der Waals surface area contributed by atoms with Crippen LogP contribution in [0.4, 0.5) is 0 Å². The average Bonchev–Trinajstić information content (AvgIpc) is 3.06. The number of likely N-dealkylation sites (N-methyl/N-ethyl adjacent to an activating group) is 1. The topological polar surface area (TPSA) is 136 Å². The maximum atomic E-state index is 12.2. The van der Waals surface area contributed by atoms with Crippen molar-refractivity contribution in [1.82, 2.24) is 9.62 Å². The van der Waals surface area contributed by atoms with Gasteiger partial charge in [0, 0.05) is 19.6 Å². The van der Waals surface area contributed by atoms with Gasteiger partial charge in [-0.05, 0) is 37.6 Å². The molecule has 10 nitrogen and oxygen atoms in total. The molecular formula is C18H26N2O8S2. The standard InChI is InChI=1S/C18H26N2O8S2/c1-3-27-15-4-6-16(7-5-15)30(25,26)19-10-8-18(22)28-12-17(21)20(2)14-9-11-29(23,24)13-14/h4-7,14,19H,3,8-13H2,1-2H3. The third kappa shape index (κ3) is 6.96. The Hall–Kier alpha value is -2.18. The maximum Gasteiger partial charge on any atom is 0.307 e. The van der Waals surface area contributed by atoms with Gasteiger partial charge in [0.1, 0.15) is 5.75 Å². The van der Waals surface area contributed by atoms with E-state index in [-0.39, 0.29) is 29.4 Å². The first-order valence-electron chi connectivity index (χ1n) is 9.38. The molecule has 1 N–H and O–H groups in total. The Morgan fingerprint density at radius 2 is 1.90 bits per heavy atom. The predicted molar refractivity (Wildman–Crippen MR) is 108 cm³/mol. The second-order valence-electron chi connectivity index (χ2n) is 6.77. The van der Waals surface area contributed by atoms with Gasteiger partial charge < -0.3 is 14.4 Å². The first-order valence-corrected chi connectivity index (χ1v) is 12.7. The van der Waals surface area contributed by atoms with E-state index in [4.69, 9.17) is 9.47 Å². The van der Waals surface area contributed by atoms with Crippen molar-refractivity contribution in [2.45, 2.75) is 30.7 Å². The molecule has 0 saturated carbocycles. The molecular weight excluding hydrogens is 436 g/mol. The molecule has 2 rings (SSSR count). The van der Waals surface area contributed by atoms with E-state index in [1.54, 1.807) is 0 Å². The number of sulfone groups is 1. The van der Waals surface area contributed by atoms with Gasteiger partial charge in [0.25, 0.3) is 5.91 Å². The van der Waals surface area contributed by atoms with Gasteiger partial charge in [0.15, 0.2) is 16.4 Å². The summed E-state index contributed by atoms with van der Waals surface area (Å²) in [5, 5.41) is 0. The van der Waals surface area contributed by atoms with Gasteiger partial charge in [-0.25, -0.2) is 21.6 Å². The number of benzene rings is 1. The normalized spacial score (nSPS) is 18.0. The Morgan fingerprint density at radius 1 is 1.23 bits per heavy atom. The van der Waals surface area contributed by atoms with Crippen LogP contribution in [-0.4, -0.2) is 78.0 Å². The Kier molecular flexibility index (Phi) is 8.21. The lowest BCUT2D eigenvalue weighted by Gasteiger charge is -2.23. The number of esters is 1. The highest BCUT2D eigenvalue weighted by atomic mass is 32.2. The summed E-state index contributed by atoms with van der Waals surface area (Å²) in [6.07, 6.45) is 0.0942. The van der Waals surface area contributed by atoms with E-state index in [1.807, 2.05) is 6.92 Å². The number of amides is 1. The molecule has 1 heterocycles. The molecule has 0 aliphatic carbocycles. The van der Waals surface area contributed by atoms with Crippen LogP contribution in [-0.2, 0) is 34.2 Å². The fourth-order valence-electron chi connectivity index (χ4n) is 2.85.